The highest BCUT2D eigenvalue weighted by Crippen LogP contribution is 2.46. The SMILES string of the molecule is CN(C)CCn1ncc(Cl)c1C1(O)CCC(C)(C)CC1. The van der Waals surface area contributed by atoms with Crippen LogP contribution in [-0.2, 0) is 12.1 Å². The van der Waals surface area contributed by atoms with Gasteiger partial charge in [-0.1, -0.05) is 25.4 Å². The van der Waals surface area contributed by atoms with Crippen LogP contribution in [0.3, 0.4) is 0 Å². The Morgan fingerprint density at radius 3 is 2.45 bits per heavy atom. The highest BCUT2D eigenvalue weighted by atomic mass is 35.5. The largest absolute Gasteiger partial charge is 0.384 e. The van der Waals surface area contributed by atoms with Crippen LogP contribution in [0.1, 0.15) is 45.2 Å². The summed E-state index contributed by atoms with van der Waals surface area (Å²) >= 11 is 6.30. The van der Waals surface area contributed by atoms with Crippen LogP contribution in [0.25, 0.3) is 0 Å². The zero-order valence-electron chi connectivity index (χ0n) is 13.0. The van der Waals surface area contributed by atoms with Crippen LogP contribution in [0, 0.1) is 5.41 Å². The summed E-state index contributed by atoms with van der Waals surface area (Å²) in [5, 5.41) is 16.0. The van der Waals surface area contributed by atoms with Gasteiger partial charge in [0.2, 0.25) is 0 Å². The molecule has 1 heterocycles. The predicted octanol–water partition coefficient (Wildman–Crippen LogP) is 2.89. The Hall–Kier alpha value is -0.580. The van der Waals surface area contributed by atoms with Gasteiger partial charge >= 0.3 is 0 Å². The van der Waals surface area contributed by atoms with Gasteiger partial charge in [0.05, 0.1) is 23.5 Å². The minimum atomic E-state index is -0.824. The molecule has 20 heavy (non-hydrogen) atoms. The van der Waals surface area contributed by atoms with Gasteiger partial charge in [-0.05, 0) is 45.2 Å². The average Bonchev–Trinajstić information content (AvgIpc) is 2.73. The molecule has 1 aliphatic rings. The van der Waals surface area contributed by atoms with Gasteiger partial charge in [0.25, 0.3) is 0 Å². The molecule has 1 aliphatic carbocycles. The van der Waals surface area contributed by atoms with Crippen molar-refractivity contribution < 1.29 is 5.11 Å². The zero-order chi connectivity index (χ0) is 15.0. The van der Waals surface area contributed by atoms with Crippen LogP contribution >= 0.6 is 11.6 Å². The maximum absolute atomic E-state index is 11.0. The normalized spacial score (nSPS) is 21.4. The van der Waals surface area contributed by atoms with Crippen molar-refractivity contribution >= 4 is 11.6 Å². The van der Waals surface area contributed by atoms with E-state index in [9.17, 15) is 5.11 Å². The van der Waals surface area contributed by atoms with Crippen molar-refractivity contribution in [3.8, 4) is 0 Å². The van der Waals surface area contributed by atoms with Gasteiger partial charge in [0.15, 0.2) is 0 Å². The van der Waals surface area contributed by atoms with E-state index in [1.54, 1.807) is 6.20 Å². The molecule has 0 radical (unpaired) electrons. The first-order chi connectivity index (χ1) is 9.23. The third kappa shape index (κ3) is 3.35. The molecule has 0 saturated heterocycles. The third-order valence-electron chi connectivity index (χ3n) is 4.43. The second-order valence-electron chi connectivity index (χ2n) is 7.06. The molecule has 1 N–H and O–H groups in total. The predicted molar refractivity (Wildman–Crippen MR) is 81.9 cm³/mol. The summed E-state index contributed by atoms with van der Waals surface area (Å²) in [5.74, 6) is 0. The average molecular weight is 300 g/mol. The number of rotatable bonds is 4. The fourth-order valence-electron chi connectivity index (χ4n) is 2.87. The molecule has 5 heteroatoms. The topological polar surface area (TPSA) is 41.3 Å². The second-order valence-corrected chi connectivity index (χ2v) is 7.47. The molecule has 0 aliphatic heterocycles. The Bertz CT molecular complexity index is 458. The fraction of sp³-hybridized carbons (Fsp3) is 0.800. The third-order valence-corrected chi connectivity index (χ3v) is 4.70. The molecule has 1 fully saturated rings. The van der Waals surface area contributed by atoms with E-state index in [1.165, 1.54) is 0 Å². The standard InChI is InChI=1S/C15H26ClN3O/c1-14(2)5-7-15(20,8-6-14)13-12(16)11-17-19(13)10-9-18(3)4/h11,20H,5-10H2,1-4H3. The Kier molecular flexibility index (Phi) is 4.47. The summed E-state index contributed by atoms with van der Waals surface area (Å²) in [6.07, 6.45) is 5.20. The number of nitrogens with zero attached hydrogens (tertiary/aromatic N) is 3. The molecule has 1 aromatic rings. The summed E-state index contributed by atoms with van der Waals surface area (Å²) in [6.45, 7) is 6.16. The number of aliphatic hydroxyl groups is 1. The number of hydrogen-bond acceptors (Lipinski definition) is 3. The zero-order valence-corrected chi connectivity index (χ0v) is 13.7. The summed E-state index contributed by atoms with van der Waals surface area (Å²) in [6, 6.07) is 0. The lowest BCUT2D eigenvalue weighted by atomic mass is 9.70. The summed E-state index contributed by atoms with van der Waals surface area (Å²) < 4.78 is 1.88. The highest BCUT2D eigenvalue weighted by Gasteiger charge is 2.41. The van der Waals surface area contributed by atoms with E-state index in [1.807, 2.05) is 18.8 Å². The van der Waals surface area contributed by atoms with E-state index in [4.69, 9.17) is 11.6 Å². The molecule has 0 atom stereocenters. The molecule has 0 aromatic carbocycles. The van der Waals surface area contributed by atoms with Gasteiger partial charge in [-0.15, -0.1) is 0 Å². The Morgan fingerprint density at radius 1 is 1.30 bits per heavy atom. The number of likely N-dealkylation sites (N-methyl/N-ethyl adjacent to an activating group) is 1. The van der Waals surface area contributed by atoms with Crippen molar-refractivity contribution in [3.05, 3.63) is 16.9 Å². The molecule has 0 amide bonds. The number of aromatic nitrogens is 2. The van der Waals surface area contributed by atoms with Crippen molar-refractivity contribution in [1.29, 1.82) is 0 Å². The smallest absolute Gasteiger partial charge is 0.108 e. The first-order valence-electron chi connectivity index (χ1n) is 7.32. The van der Waals surface area contributed by atoms with Gasteiger partial charge in [-0.3, -0.25) is 4.68 Å². The molecule has 0 unspecified atom stereocenters. The molecule has 1 aromatic heterocycles. The van der Waals surface area contributed by atoms with Crippen LogP contribution in [-0.4, -0.2) is 40.4 Å². The van der Waals surface area contributed by atoms with Gasteiger partial charge < -0.3 is 10.0 Å². The van der Waals surface area contributed by atoms with Crippen LogP contribution < -0.4 is 0 Å². The van der Waals surface area contributed by atoms with E-state index >= 15 is 0 Å². The second kappa shape index (κ2) is 5.66. The maximum Gasteiger partial charge on any atom is 0.108 e. The lowest BCUT2D eigenvalue weighted by molar-refractivity contribution is -0.0374. The fourth-order valence-corrected chi connectivity index (χ4v) is 3.18. The molecule has 114 valence electrons. The van der Waals surface area contributed by atoms with Crippen LogP contribution in [0.2, 0.25) is 5.02 Å². The van der Waals surface area contributed by atoms with E-state index in [-0.39, 0.29) is 0 Å². The molecule has 2 rings (SSSR count). The minimum Gasteiger partial charge on any atom is -0.384 e. The van der Waals surface area contributed by atoms with Crippen LogP contribution in [0.15, 0.2) is 6.20 Å². The molecule has 1 saturated carbocycles. The quantitative estimate of drug-likeness (QED) is 0.929. The van der Waals surface area contributed by atoms with Crippen LogP contribution in [0.4, 0.5) is 0 Å². The van der Waals surface area contributed by atoms with E-state index in [0.29, 0.717) is 10.4 Å². The molecule has 4 nitrogen and oxygen atoms in total. The van der Waals surface area contributed by atoms with Gasteiger partial charge in [0, 0.05) is 6.54 Å². The van der Waals surface area contributed by atoms with Gasteiger partial charge in [0.1, 0.15) is 5.60 Å². The van der Waals surface area contributed by atoms with Crippen molar-refractivity contribution in [3.63, 3.8) is 0 Å². The molecular weight excluding hydrogens is 274 g/mol. The van der Waals surface area contributed by atoms with E-state index in [0.717, 1.165) is 44.5 Å². The summed E-state index contributed by atoms with van der Waals surface area (Å²) in [5.41, 5.74) is 0.291. The van der Waals surface area contributed by atoms with Crippen molar-refractivity contribution in [2.24, 2.45) is 5.41 Å². The molecular formula is C15H26ClN3O. The summed E-state index contributed by atoms with van der Waals surface area (Å²) in [7, 11) is 4.06. The van der Waals surface area contributed by atoms with E-state index < -0.39 is 5.60 Å². The first-order valence-corrected chi connectivity index (χ1v) is 7.70. The molecule has 0 bridgehead atoms. The van der Waals surface area contributed by atoms with Crippen molar-refractivity contribution in [1.82, 2.24) is 14.7 Å². The van der Waals surface area contributed by atoms with Gasteiger partial charge in [-0.25, -0.2) is 0 Å². The van der Waals surface area contributed by atoms with Crippen molar-refractivity contribution in [2.45, 2.75) is 51.7 Å². The summed E-state index contributed by atoms with van der Waals surface area (Å²) in [4.78, 5) is 2.10. The Morgan fingerprint density at radius 2 is 1.90 bits per heavy atom. The minimum absolute atomic E-state index is 0.313. The Labute approximate surface area is 126 Å². The number of halogens is 1. The Balaban J connectivity index is 2.21. The number of hydrogen-bond donors (Lipinski definition) is 1. The monoisotopic (exact) mass is 299 g/mol. The maximum atomic E-state index is 11.0. The molecule has 0 spiro atoms. The van der Waals surface area contributed by atoms with Crippen LogP contribution in [0.5, 0.6) is 0 Å². The van der Waals surface area contributed by atoms with Gasteiger partial charge in [-0.2, -0.15) is 5.10 Å². The van der Waals surface area contributed by atoms with Crippen molar-refractivity contribution in [2.75, 3.05) is 20.6 Å². The lowest BCUT2D eigenvalue weighted by Crippen LogP contribution is -2.37. The van der Waals surface area contributed by atoms with E-state index in [2.05, 4.69) is 23.8 Å². The highest BCUT2D eigenvalue weighted by molar-refractivity contribution is 6.31. The lowest BCUT2D eigenvalue weighted by Gasteiger charge is -2.40. The first kappa shape index (κ1) is 15.8.